The molecule has 198 valence electrons. The summed E-state index contributed by atoms with van der Waals surface area (Å²) in [7, 11) is -1.23. The topological polar surface area (TPSA) is 75.2 Å². The van der Waals surface area contributed by atoms with Crippen LogP contribution in [0.2, 0.25) is 18.1 Å². The van der Waals surface area contributed by atoms with Crippen LogP contribution in [-0.2, 0) is 18.5 Å². The predicted molar refractivity (Wildman–Crippen MR) is 141 cm³/mol. The third kappa shape index (κ3) is 7.21. The van der Waals surface area contributed by atoms with Gasteiger partial charge >= 0.3 is 13.2 Å². The molecule has 0 spiro atoms. The van der Waals surface area contributed by atoms with Crippen molar-refractivity contribution in [3.05, 3.63) is 17.9 Å². The molecule has 1 unspecified atom stereocenters. The Morgan fingerprint density at radius 2 is 1.74 bits per heavy atom. The van der Waals surface area contributed by atoms with Crippen molar-refractivity contribution in [2.24, 2.45) is 0 Å². The van der Waals surface area contributed by atoms with Gasteiger partial charge in [0, 0.05) is 18.1 Å². The Labute approximate surface area is 211 Å². The van der Waals surface area contributed by atoms with Gasteiger partial charge in [-0.15, -0.1) is 0 Å². The Morgan fingerprint density at radius 1 is 1.17 bits per heavy atom. The maximum atomic E-state index is 15.0. The number of carbonyl (C=O) groups excluding carboxylic acids is 1. The largest absolute Gasteiger partial charge is 0.497 e. The first kappa shape index (κ1) is 29.6. The van der Waals surface area contributed by atoms with Crippen molar-refractivity contribution >= 4 is 32.7 Å². The molecule has 2 rings (SSSR count). The number of nitrogens with one attached hydrogen (secondary N) is 1. The zero-order chi connectivity index (χ0) is 26.8. The highest BCUT2D eigenvalue weighted by atomic mass is 28.4. The minimum atomic E-state index is -1.79. The summed E-state index contributed by atoms with van der Waals surface area (Å²) in [6, 6.07) is 2.67. The first-order valence-electron chi connectivity index (χ1n) is 12.2. The van der Waals surface area contributed by atoms with Crippen molar-refractivity contribution in [2.75, 3.05) is 19.0 Å². The number of carbonyl (C=O) groups is 1. The smallest absolute Gasteiger partial charge is 0.495 e. The van der Waals surface area contributed by atoms with Gasteiger partial charge in [0.25, 0.3) is 0 Å². The van der Waals surface area contributed by atoms with E-state index in [4.69, 9.17) is 23.2 Å². The van der Waals surface area contributed by atoms with E-state index in [1.165, 1.54) is 19.2 Å². The van der Waals surface area contributed by atoms with Crippen molar-refractivity contribution in [3.63, 3.8) is 0 Å². The molecule has 1 aromatic rings. The molecule has 10 heteroatoms. The minimum Gasteiger partial charge on any atom is -0.495 e. The zero-order valence-electron chi connectivity index (χ0n) is 23.3. The van der Waals surface area contributed by atoms with Crippen LogP contribution in [0.1, 0.15) is 68.2 Å². The zero-order valence-corrected chi connectivity index (χ0v) is 24.3. The Balaban J connectivity index is 1.95. The van der Waals surface area contributed by atoms with Crippen LogP contribution in [0.4, 0.5) is 14.9 Å². The maximum Gasteiger partial charge on any atom is 0.497 e. The maximum absolute atomic E-state index is 15.0. The number of halogens is 1. The fourth-order valence-electron chi connectivity index (χ4n) is 3.28. The van der Waals surface area contributed by atoms with Gasteiger partial charge < -0.3 is 23.2 Å². The molecule has 0 aromatic heterocycles. The van der Waals surface area contributed by atoms with Crippen molar-refractivity contribution in [2.45, 2.75) is 104 Å². The second-order valence-corrected chi connectivity index (χ2v) is 16.6. The number of methoxy groups -OCH3 is 1. The highest BCUT2D eigenvalue weighted by Gasteiger charge is 2.52. The van der Waals surface area contributed by atoms with Crippen LogP contribution in [0.25, 0.3) is 0 Å². The number of rotatable bonds is 9. The standard InChI is InChI=1S/C25H43BFNO6Si/c1-17(13-12-14-31-35(10,11)23(2,3)4)32-22(29)28-20-16-19(27)18(15-21(20)30-9)26-33-24(5,6)25(7,8)34-26/h15-17H,12-14H2,1-11H3,(H,28,29). The van der Waals surface area contributed by atoms with Gasteiger partial charge in [-0.25, -0.2) is 9.18 Å². The average molecular weight is 512 g/mol. The van der Waals surface area contributed by atoms with Crippen LogP contribution in [0.3, 0.4) is 0 Å². The molecule has 1 aromatic carbocycles. The Morgan fingerprint density at radius 3 is 2.26 bits per heavy atom. The van der Waals surface area contributed by atoms with Gasteiger partial charge in [0.2, 0.25) is 0 Å². The van der Waals surface area contributed by atoms with E-state index in [1.807, 2.05) is 34.6 Å². The van der Waals surface area contributed by atoms with Crippen LogP contribution < -0.4 is 15.5 Å². The van der Waals surface area contributed by atoms with Crippen LogP contribution >= 0.6 is 0 Å². The van der Waals surface area contributed by atoms with E-state index < -0.39 is 38.5 Å². The van der Waals surface area contributed by atoms with Crippen molar-refractivity contribution in [1.82, 2.24) is 0 Å². The Kier molecular flexibility index (Phi) is 9.12. The molecule has 1 N–H and O–H groups in total. The van der Waals surface area contributed by atoms with Gasteiger partial charge in [-0.2, -0.15) is 0 Å². The SMILES string of the molecule is COc1cc(B2OC(C)(C)C(C)(C)O2)c(F)cc1NC(=O)OC(C)CCCO[Si](C)(C)C(C)(C)C. The van der Waals surface area contributed by atoms with Gasteiger partial charge in [-0.1, -0.05) is 20.8 Å². The molecule has 0 radical (unpaired) electrons. The first-order valence-corrected chi connectivity index (χ1v) is 15.2. The number of amides is 1. The molecule has 0 bridgehead atoms. The van der Waals surface area contributed by atoms with Crippen LogP contribution in [-0.4, -0.2) is 52.6 Å². The monoisotopic (exact) mass is 511 g/mol. The summed E-state index contributed by atoms with van der Waals surface area (Å²) in [6.45, 7) is 21.1. The molecule has 1 fully saturated rings. The summed E-state index contributed by atoms with van der Waals surface area (Å²) >= 11 is 0. The highest BCUT2D eigenvalue weighted by molar-refractivity contribution is 6.74. The van der Waals surface area contributed by atoms with Gasteiger partial charge in [-0.3, -0.25) is 5.32 Å². The molecule has 1 heterocycles. The summed E-state index contributed by atoms with van der Waals surface area (Å²) in [5, 5.41) is 2.74. The first-order chi connectivity index (χ1) is 15.9. The Bertz CT molecular complexity index is 887. The number of hydrogen-bond donors (Lipinski definition) is 1. The Hall–Kier alpha value is -1.62. The van der Waals surface area contributed by atoms with E-state index in [2.05, 4.69) is 39.2 Å². The van der Waals surface area contributed by atoms with Crippen LogP contribution in [0.5, 0.6) is 5.75 Å². The molecule has 1 atom stereocenters. The molecular weight excluding hydrogens is 468 g/mol. The van der Waals surface area contributed by atoms with Gasteiger partial charge in [0.15, 0.2) is 8.32 Å². The van der Waals surface area contributed by atoms with Crippen LogP contribution in [0, 0.1) is 5.82 Å². The third-order valence-corrected chi connectivity index (χ3v) is 11.9. The van der Waals surface area contributed by atoms with Crippen molar-refractivity contribution in [1.29, 1.82) is 0 Å². The van der Waals surface area contributed by atoms with E-state index in [1.54, 1.807) is 0 Å². The fraction of sp³-hybridized carbons (Fsp3) is 0.720. The highest BCUT2D eigenvalue weighted by Crippen LogP contribution is 2.38. The molecule has 0 aliphatic carbocycles. The van der Waals surface area contributed by atoms with E-state index in [-0.39, 0.29) is 28.0 Å². The summed E-state index contributed by atoms with van der Waals surface area (Å²) < 4.78 is 43.9. The summed E-state index contributed by atoms with van der Waals surface area (Å²) in [6.07, 6.45) is 0.442. The molecule has 7 nitrogen and oxygen atoms in total. The molecule has 1 saturated heterocycles. The number of anilines is 1. The quantitative estimate of drug-likeness (QED) is 0.330. The molecule has 1 aliphatic rings. The lowest BCUT2D eigenvalue weighted by Gasteiger charge is -2.36. The molecule has 1 aliphatic heterocycles. The predicted octanol–water partition coefficient (Wildman–Crippen LogP) is 5.87. The fourth-order valence-corrected chi connectivity index (χ4v) is 4.37. The molecule has 35 heavy (non-hydrogen) atoms. The third-order valence-electron chi connectivity index (χ3n) is 7.40. The minimum absolute atomic E-state index is 0.154. The molecular formula is C25H43BFNO6Si. The second-order valence-electron chi connectivity index (χ2n) is 11.8. The van der Waals surface area contributed by atoms with Crippen molar-refractivity contribution in [3.8, 4) is 5.75 Å². The number of benzene rings is 1. The van der Waals surface area contributed by atoms with E-state index >= 15 is 4.39 Å². The van der Waals surface area contributed by atoms with Crippen LogP contribution in [0.15, 0.2) is 12.1 Å². The lowest BCUT2D eigenvalue weighted by Crippen LogP contribution is -2.41. The summed E-state index contributed by atoms with van der Waals surface area (Å²) in [5.74, 6) is -0.293. The van der Waals surface area contributed by atoms with E-state index in [0.29, 0.717) is 13.0 Å². The van der Waals surface area contributed by atoms with E-state index in [9.17, 15) is 4.79 Å². The lowest BCUT2D eigenvalue weighted by molar-refractivity contribution is 0.00578. The summed E-state index contributed by atoms with van der Waals surface area (Å²) in [5.41, 5.74) is -0.841. The lowest BCUT2D eigenvalue weighted by atomic mass is 9.78. The summed E-state index contributed by atoms with van der Waals surface area (Å²) in [4.78, 5) is 12.5. The molecule has 1 amide bonds. The molecule has 0 saturated carbocycles. The van der Waals surface area contributed by atoms with Gasteiger partial charge in [0.05, 0.1) is 24.0 Å². The number of ether oxygens (including phenoxy) is 2. The second kappa shape index (κ2) is 10.8. The number of hydrogen-bond acceptors (Lipinski definition) is 6. The van der Waals surface area contributed by atoms with E-state index in [0.717, 1.165) is 6.42 Å². The van der Waals surface area contributed by atoms with Gasteiger partial charge in [-0.05, 0) is 71.7 Å². The van der Waals surface area contributed by atoms with Gasteiger partial charge in [0.1, 0.15) is 17.7 Å². The normalized spacial score (nSPS) is 18.3. The van der Waals surface area contributed by atoms with Crippen molar-refractivity contribution < 1.29 is 32.4 Å². The average Bonchev–Trinajstić information content (AvgIpc) is 2.91.